The Labute approximate surface area is 201 Å². The van der Waals surface area contributed by atoms with Gasteiger partial charge in [-0.1, -0.05) is 45.1 Å². The number of ether oxygens (including phenoxy) is 2. The molecule has 2 aliphatic carbocycles. The van der Waals surface area contributed by atoms with Crippen molar-refractivity contribution in [3.63, 3.8) is 0 Å². The quantitative estimate of drug-likeness (QED) is 0.232. The van der Waals surface area contributed by atoms with Crippen LogP contribution in [0.25, 0.3) is 0 Å². The van der Waals surface area contributed by atoms with Gasteiger partial charge in [0.2, 0.25) is 0 Å². The summed E-state index contributed by atoms with van der Waals surface area (Å²) in [7, 11) is 0. The number of benzene rings is 2. The van der Waals surface area contributed by atoms with Crippen LogP contribution in [0.4, 0.5) is 4.39 Å². The zero-order chi connectivity index (χ0) is 23.9. The second-order valence-corrected chi connectivity index (χ2v) is 9.96. The normalized spacial score (nSPS) is 24.2. The maximum absolute atomic E-state index is 13.3. The van der Waals surface area contributed by atoms with E-state index in [2.05, 4.69) is 6.92 Å². The number of fused-ring (bicyclic) bond motifs is 1. The van der Waals surface area contributed by atoms with Gasteiger partial charge in [0.1, 0.15) is 17.7 Å². The van der Waals surface area contributed by atoms with Crippen LogP contribution in [-0.2, 0) is 4.74 Å². The largest absolute Gasteiger partial charge is 0.459 e. The topological polar surface area (TPSA) is 52.6 Å². The monoisotopic (exact) mass is 466 g/mol. The third kappa shape index (κ3) is 6.46. The van der Waals surface area contributed by atoms with Crippen molar-refractivity contribution in [2.24, 2.45) is 17.8 Å². The van der Waals surface area contributed by atoms with Crippen LogP contribution in [-0.4, -0.2) is 18.0 Å². The van der Waals surface area contributed by atoms with Crippen LogP contribution in [0.3, 0.4) is 0 Å². The standard InChI is InChI=1S/C29H35FO4/c1-2-3-4-6-20-9-10-23-19-27(16-13-22(23)17-20)34-28(31)21-11-14-26(15-12-21)33-29(32)24-7-5-8-25(30)18-24/h5,7-8,11-12,14-15,18,20,22-23,27H,2-4,6,9-10,13,16-17,19H2,1H3/t20-,22+,23+,27+/m0/s1. The van der Waals surface area contributed by atoms with Crippen molar-refractivity contribution >= 4 is 11.9 Å². The Balaban J connectivity index is 1.25. The van der Waals surface area contributed by atoms with Crippen LogP contribution in [0.2, 0.25) is 0 Å². The van der Waals surface area contributed by atoms with Crippen LogP contribution < -0.4 is 4.74 Å². The Bertz CT molecular complexity index is 970. The molecule has 2 saturated carbocycles. The number of hydrogen-bond acceptors (Lipinski definition) is 4. The highest BCUT2D eigenvalue weighted by molar-refractivity contribution is 5.92. The zero-order valence-electron chi connectivity index (χ0n) is 20.0. The molecule has 0 spiro atoms. The lowest BCUT2D eigenvalue weighted by Gasteiger charge is -2.42. The van der Waals surface area contributed by atoms with Crippen LogP contribution in [0, 0.1) is 23.6 Å². The molecular weight excluding hydrogens is 431 g/mol. The average Bonchev–Trinajstić information content (AvgIpc) is 2.84. The molecule has 2 aliphatic rings. The second kappa shape index (κ2) is 11.6. The fourth-order valence-corrected chi connectivity index (χ4v) is 5.66. The molecule has 34 heavy (non-hydrogen) atoms. The molecule has 0 aromatic heterocycles. The molecule has 2 aromatic carbocycles. The van der Waals surface area contributed by atoms with Crippen LogP contribution >= 0.6 is 0 Å². The van der Waals surface area contributed by atoms with E-state index in [0.29, 0.717) is 17.2 Å². The molecule has 0 amide bonds. The lowest BCUT2D eigenvalue weighted by molar-refractivity contribution is -0.00628. The van der Waals surface area contributed by atoms with Crippen LogP contribution in [0.15, 0.2) is 48.5 Å². The number of unbranched alkanes of at least 4 members (excludes halogenated alkanes) is 2. The predicted molar refractivity (Wildman–Crippen MR) is 129 cm³/mol. The zero-order valence-corrected chi connectivity index (χ0v) is 20.0. The summed E-state index contributed by atoms with van der Waals surface area (Å²) in [6.07, 6.45) is 12.4. The smallest absolute Gasteiger partial charge is 0.343 e. The van der Waals surface area contributed by atoms with E-state index in [4.69, 9.17) is 9.47 Å². The van der Waals surface area contributed by atoms with E-state index in [1.54, 1.807) is 24.3 Å². The molecule has 0 N–H and O–H groups in total. The SMILES string of the molecule is CCCCC[C@H]1CC[C@@H]2C[C@H](OC(=O)c3ccc(OC(=O)c4cccc(F)c4)cc3)CC[C@@H]2C1. The van der Waals surface area contributed by atoms with Gasteiger partial charge in [0.15, 0.2) is 0 Å². The van der Waals surface area contributed by atoms with Gasteiger partial charge in [-0.15, -0.1) is 0 Å². The lowest BCUT2D eigenvalue weighted by atomic mass is 9.66. The van der Waals surface area contributed by atoms with Crippen molar-refractivity contribution in [2.45, 2.75) is 77.2 Å². The van der Waals surface area contributed by atoms with E-state index < -0.39 is 11.8 Å². The summed E-state index contributed by atoms with van der Waals surface area (Å²) in [5, 5.41) is 0. The summed E-state index contributed by atoms with van der Waals surface area (Å²) < 4.78 is 24.4. The molecule has 5 heteroatoms. The molecule has 4 nitrogen and oxygen atoms in total. The maximum atomic E-state index is 13.3. The van der Waals surface area contributed by atoms with Gasteiger partial charge >= 0.3 is 11.9 Å². The fourth-order valence-electron chi connectivity index (χ4n) is 5.66. The van der Waals surface area contributed by atoms with Gasteiger partial charge in [-0.05, 0) is 92.3 Å². The van der Waals surface area contributed by atoms with E-state index in [1.807, 2.05) is 0 Å². The molecule has 2 fully saturated rings. The first kappa shape index (κ1) is 24.4. The van der Waals surface area contributed by atoms with Crippen molar-refractivity contribution < 1.29 is 23.5 Å². The van der Waals surface area contributed by atoms with E-state index in [9.17, 15) is 14.0 Å². The first-order valence-corrected chi connectivity index (χ1v) is 12.8. The summed E-state index contributed by atoms with van der Waals surface area (Å²) in [6.45, 7) is 2.26. The molecule has 4 atom stereocenters. The Hall–Kier alpha value is -2.69. The molecule has 4 rings (SSSR count). The summed E-state index contributed by atoms with van der Waals surface area (Å²) in [5.41, 5.74) is 0.571. The first-order chi connectivity index (χ1) is 16.5. The third-order valence-electron chi connectivity index (χ3n) is 7.52. The Morgan fingerprint density at radius 3 is 2.41 bits per heavy atom. The van der Waals surface area contributed by atoms with Crippen molar-refractivity contribution in [3.8, 4) is 5.75 Å². The van der Waals surface area contributed by atoms with Gasteiger partial charge in [0.25, 0.3) is 0 Å². The Kier molecular flexibility index (Phi) is 8.36. The highest BCUT2D eigenvalue weighted by Gasteiger charge is 2.36. The number of esters is 2. The summed E-state index contributed by atoms with van der Waals surface area (Å²) in [5.74, 6) is 1.18. The highest BCUT2D eigenvalue weighted by atomic mass is 19.1. The molecule has 0 aliphatic heterocycles. The molecule has 2 aromatic rings. The van der Waals surface area contributed by atoms with Gasteiger partial charge in [-0.25, -0.2) is 14.0 Å². The summed E-state index contributed by atoms with van der Waals surface area (Å²) in [6, 6.07) is 11.7. The molecule has 0 saturated heterocycles. The maximum Gasteiger partial charge on any atom is 0.343 e. The Morgan fingerprint density at radius 1 is 0.882 bits per heavy atom. The minimum absolute atomic E-state index is 0.0177. The highest BCUT2D eigenvalue weighted by Crippen LogP contribution is 2.44. The van der Waals surface area contributed by atoms with Gasteiger partial charge in [0.05, 0.1) is 11.1 Å². The van der Waals surface area contributed by atoms with E-state index >= 15 is 0 Å². The summed E-state index contributed by atoms with van der Waals surface area (Å²) >= 11 is 0. The predicted octanol–water partition coefficient (Wildman–Crippen LogP) is 7.37. The number of hydrogen-bond donors (Lipinski definition) is 0. The minimum Gasteiger partial charge on any atom is -0.459 e. The minimum atomic E-state index is -0.647. The molecule has 182 valence electrons. The van der Waals surface area contributed by atoms with Gasteiger partial charge in [-0.2, -0.15) is 0 Å². The molecule has 0 bridgehead atoms. The van der Waals surface area contributed by atoms with Crippen molar-refractivity contribution in [2.75, 3.05) is 0 Å². The molecule has 0 radical (unpaired) electrons. The number of carbonyl (C=O) groups is 2. The van der Waals surface area contributed by atoms with E-state index in [1.165, 1.54) is 63.1 Å². The van der Waals surface area contributed by atoms with Crippen molar-refractivity contribution in [3.05, 3.63) is 65.5 Å². The number of carbonyl (C=O) groups excluding carboxylic acids is 2. The van der Waals surface area contributed by atoms with Gasteiger partial charge in [0, 0.05) is 0 Å². The van der Waals surface area contributed by atoms with Crippen LogP contribution in [0.1, 0.15) is 91.8 Å². The van der Waals surface area contributed by atoms with Gasteiger partial charge in [-0.3, -0.25) is 0 Å². The second-order valence-electron chi connectivity index (χ2n) is 9.96. The lowest BCUT2D eigenvalue weighted by Crippen LogP contribution is -2.35. The summed E-state index contributed by atoms with van der Waals surface area (Å²) in [4.78, 5) is 24.9. The number of rotatable bonds is 8. The van der Waals surface area contributed by atoms with E-state index in [-0.39, 0.29) is 17.6 Å². The third-order valence-corrected chi connectivity index (χ3v) is 7.52. The van der Waals surface area contributed by atoms with Crippen LogP contribution in [0.5, 0.6) is 5.75 Å². The van der Waals surface area contributed by atoms with E-state index in [0.717, 1.165) is 37.2 Å². The fraction of sp³-hybridized carbons (Fsp3) is 0.517. The molecular formula is C29H35FO4. The van der Waals surface area contributed by atoms with Crippen molar-refractivity contribution in [1.29, 1.82) is 0 Å². The van der Waals surface area contributed by atoms with Gasteiger partial charge < -0.3 is 9.47 Å². The molecule has 0 heterocycles. The number of halogens is 1. The first-order valence-electron chi connectivity index (χ1n) is 12.8. The Morgan fingerprint density at radius 2 is 1.65 bits per heavy atom. The van der Waals surface area contributed by atoms with Crippen molar-refractivity contribution in [1.82, 2.24) is 0 Å². The molecule has 0 unspecified atom stereocenters. The average molecular weight is 467 g/mol.